The molecule has 0 saturated heterocycles. The van der Waals surface area contributed by atoms with Crippen LogP contribution in [0.4, 0.5) is 0 Å². The molecule has 0 aliphatic carbocycles. The van der Waals surface area contributed by atoms with Gasteiger partial charge in [-0.15, -0.1) is 0 Å². The molecule has 0 saturated carbocycles. The van der Waals surface area contributed by atoms with E-state index in [0.717, 1.165) is 29.0 Å². The van der Waals surface area contributed by atoms with Gasteiger partial charge in [-0.3, -0.25) is 0 Å². The van der Waals surface area contributed by atoms with Crippen LogP contribution in [-0.2, 0) is 14.3 Å². The number of rotatable bonds is 8. The standard InChI is InChI=1S/C19H18O6/c1-23-16-6-2-14(3-7-16)15-4-8-17(9-5-15)24-12-13-25-19(22)11-10-18(20)21/h2-11H,12-13H2,1H3,(H,20,21). The highest BCUT2D eigenvalue weighted by molar-refractivity contribution is 5.90. The summed E-state index contributed by atoms with van der Waals surface area (Å²) in [5, 5.41) is 8.39. The Kier molecular flexibility index (Phi) is 6.59. The monoisotopic (exact) mass is 342 g/mol. The Hall–Kier alpha value is -3.28. The molecule has 130 valence electrons. The summed E-state index contributed by atoms with van der Waals surface area (Å²) in [4.78, 5) is 21.4. The van der Waals surface area contributed by atoms with Crippen LogP contribution in [0.2, 0.25) is 0 Å². The fraction of sp³-hybridized carbons (Fsp3) is 0.158. The first-order chi connectivity index (χ1) is 12.1. The molecule has 2 aromatic carbocycles. The molecule has 0 amide bonds. The van der Waals surface area contributed by atoms with Gasteiger partial charge >= 0.3 is 11.9 Å². The first-order valence-corrected chi connectivity index (χ1v) is 7.53. The topological polar surface area (TPSA) is 82.1 Å². The van der Waals surface area contributed by atoms with Crippen LogP contribution in [-0.4, -0.2) is 37.4 Å². The van der Waals surface area contributed by atoms with Crippen molar-refractivity contribution in [1.29, 1.82) is 0 Å². The van der Waals surface area contributed by atoms with Crippen molar-refractivity contribution < 1.29 is 28.9 Å². The molecular formula is C19H18O6. The van der Waals surface area contributed by atoms with E-state index in [1.165, 1.54) is 0 Å². The molecule has 0 radical (unpaired) electrons. The van der Waals surface area contributed by atoms with Gasteiger partial charge in [-0.05, 0) is 35.4 Å². The molecule has 6 heteroatoms. The number of aliphatic carboxylic acids is 1. The summed E-state index contributed by atoms with van der Waals surface area (Å²) in [6, 6.07) is 15.2. The second-order valence-corrected chi connectivity index (χ2v) is 4.94. The minimum atomic E-state index is -1.20. The molecule has 0 aromatic heterocycles. The third-order valence-corrected chi connectivity index (χ3v) is 3.24. The Labute approximate surface area is 145 Å². The van der Waals surface area contributed by atoms with E-state index in [9.17, 15) is 9.59 Å². The van der Waals surface area contributed by atoms with Crippen molar-refractivity contribution in [3.05, 3.63) is 60.7 Å². The molecule has 0 spiro atoms. The smallest absolute Gasteiger partial charge is 0.331 e. The van der Waals surface area contributed by atoms with Gasteiger partial charge in [-0.1, -0.05) is 24.3 Å². The zero-order chi connectivity index (χ0) is 18.1. The van der Waals surface area contributed by atoms with Crippen molar-refractivity contribution in [2.45, 2.75) is 0 Å². The Bertz CT molecular complexity index is 732. The van der Waals surface area contributed by atoms with Gasteiger partial charge in [-0.25, -0.2) is 9.59 Å². The number of esters is 1. The van der Waals surface area contributed by atoms with Crippen molar-refractivity contribution in [3.63, 3.8) is 0 Å². The second-order valence-electron chi connectivity index (χ2n) is 4.94. The Morgan fingerprint density at radius 3 is 1.96 bits per heavy atom. The van der Waals surface area contributed by atoms with E-state index in [1.54, 1.807) is 7.11 Å². The number of benzene rings is 2. The zero-order valence-electron chi connectivity index (χ0n) is 13.7. The molecule has 0 atom stereocenters. The van der Waals surface area contributed by atoms with Gasteiger partial charge in [0.25, 0.3) is 0 Å². The third-order valence-electron chi connectivity index (χ3n) is 3.24. The van der Waals surface area contributed by atoms with Crippen molar-refractivity contribution in [3.8, 4) is 22.6 Å². The maximum Gasteiger partial charge on any atom is 0.331 e. The normalized spacial score (nSPS) is 10.4. The summed E-state index contributed by atoms with van der Waals surface area (Å²) in [5.41, 5.74) is 2.10. The number of ether oxygens (including phenoxy) is 3. The minimum Gasteiger partial charge on any atom is -0.497 e. The molecule has 25 heavy (non-hydrogen) atoms. The van der Waals surface area contributed by atoms with Gasteiger partial charge in [0.1, 0.15) is 24.7 Å². The van der Waals surface area contributed by atoms with Crippen LogP contribution < -0.4 is 9.47 Å². The van der Waals surface area contributed by atoms with Crippen LogP contribution in [0.1, 0.15) is 0 Å². The second kappa shape index (κ2) is 9.12. The van der Waals surface area contributed by atoms with Gasteiger partial charge in [0.15, 0.2) is 0 Å². The highest BCUT2D eigenvalue weighted by Crippen LogP contribution is 2.24. The molecule has 0 unspecified atom stereocenters. The Morgan fingerprint density at radius 1 is 0.880 bits per heavy atom. The lowest BCUT2D eigenvalue weighted by Gasteiger charge is -2.08. The van der Waals surface area contributed by atoms with E-state index in [-0.39, 0.29) is 13.2 Å². The van der Waals surface area contributed by atoms with Crippen molar-refractivity contribution in [1.82, 2.24) is 0 Å². The van der Waals surface area contributed by atoms with E-state index >= 15 is 0 Å². The minimum absolute atomic E-state index is 0.0308. The number of hydrogen-bond acceptors (Lipinski definition) is 5. The Balaban J connectivity index is 1.80. The van der Waals surface area contributed by atoms with Crippen LogP contribution in [0, 0.1) is 0 Å². The quantitative estimate of drug-likeness (QED) is 0.451. The molecule has 2 rings (SSSR count). The lowest BCUT2D eigenvalue weighted by molar-refractivity contribution is -0.139. The number of carbonyl (C=O) groups is 2. The molecule has 2 aromatic rings. The fourth-order valence-corrected chi connectivity index (χ4v) is 2.02. The molecule has 1 N–H and O–H groups in total. The van der Waals surface area contributed by atoms with E-state index in [0.29, 0.717) is 5.75 Å². The number of methoxy groups -OCH3 is 1. The van der Waals surface area contributed by atoms with Gasteiger partial charge in [0, 0.05) is 12.2 Å². The molecule has 6 nitrogen and oxygen atoms in total. The summed E-state index contributed by atoms with van der Waals surface area (Å²) < 4.78 is 15.4. The molecule has 0 aliphatic heterocycles. The van der Waals surface area contributed by atoms with Gasteiger partial charge in [-0.2, -0.15) is 0 Å². The van der Waals surface area contributed by atoms with Crippen LogP contribution in [0.3, 0.4) is 0 Å². The molecule has 0 bridgehead atoms. The van der Waals surface area contributed by atoms with E-state index in [2.05, 4.69) is 0 Å². The fourth-order valence-electron chi connectivity index (χ4n) is 2.02. The maximum absolute atomic E-state index is 11.2. The average molecular weight is 342 g/mol. The van der Waals surface area contributed by atoms with Crippen molar-refractivity contribution in [2.75, 3.05) is 20.3 Å². The lowest BCUT2D eigenvalue weighted by atomic mass is 10.1. The first kappa shape index (κ1) is 18.1. The average Bonchev–Trinajstić information content (AvgIpc) is 2.64. The van der Waals surface area contributed by atoms with Gasteiger partial charge < -0.3 is 19.3 Å². The summed E-state index contributed by atoms with van der Waals surface area (Å²) in [5.74, 6) is -0.475. The zero-order valence-corrected chi connectivity index (χ0v) is 13.7. The number of carbonyl (C=O) groups excluding carboxylic acids is 1. The molecule has 0 aliphatic rings. The van der Waals surface area contributed by atoms with Gasteiger partial charge in [0.2, 0.25) is 0 Å². The Morgan fingerprint density at radius 2 is 1.44 bits per heavy atom. The largest absolute Gasteiger partial charge is 0.497 e. The van der Waals surface area contributed by atoms with E-state index in [4.69, 9.17) is 19.3 Å². The van der Waals surface area contributed by atoms with Crippen LogP contribution >= 0.6 is 0 Å². The predicted octanol–water partition coefficient (Wildman–Crippen LogP) is 2.93. The van der Waals surface area contributed by atoms with E-state index in [1.807, 2.05) is 48.5 Å². The first-order valence-electron chi connectivity index (χ1n) is 7.53. The van der Waals surface area contributed by atoms with Crippen LogP contribution in [0.5, 0.6) is 11.5 Å². The number of carboxylic acid groups (broad SMARTS) is 1. The predicted molar refractivity (Wildman–Crippen MR) is 91.7 cm³/mol. The highest BCUT2D eigenvalue weighted by atomic mass is 16.6. The maximum atomic E-state index is 11.2. The van der Waals surface area contributed by atoms with Crippen molar-refractivity contribution >= 4 is 11.9 Å². The summed E-state index contributed by atoms with van der Waals surface area (Å²) >= 11 is 0. The van der Waals surface area contributed by atoms with Crippen LogP contribution in [0.15, 0.2) is 60.7 Å². The highest BCUT2D eigenvalue weighted by Gasteiger charge is 2.01. The molecular weight excluding hydrogens is 324 g/mol. The van der Waals surface area contributed by atoms with Crippen LogP contribution in [0.25, 0.3) is 11.1 Å². The third kappa shape index (κ3) is 6.02. The molecule has 0 fully saturated rings. The summed E-state index contributed by atoms with van der Waals surface area (Å²) in [6.45, 7) is 0.206. The summed E-state index contributed by atoms with van der Waals surface area (Å²) in [6.07, 6.45) is 1.58. The van der Waals surface area contributed by atoms with Crippen molar-refractivity contribution in [2.24, 2.45) is 0 Å². The SMILES string of the molecule is COc1ccc(-c2ccc(OCCOC(=O)C=CC(=O)O)cc2)cc1. The number of carboxylic acids is 1. The summed E-state index contributed by atoms with van der Waals surface area (Å²) in [7, 11) is 1.63. The lowest BCUT2D eigenvalue weighted by Crippen LogP contribution is -2.10. The van der Waals surface area contributed by atoms with E-state index < -0.39 is 11.9 Å². The van der Waals surface area contributed by atoms with Gasteiger partial charge in [0.05, 0.1) is 7.11 Å². The molecule has 0 heterocycles. The number of hydrogen-bond donors (Lipinski definition) is 1.